The Labute approximate surface area is 147 Å². The molecule has 0 aliphatic carbocycles. The summed E-state index contributed by atoms with van der Waals surface area (Å²) in [5.74, 6) is 0.898. The smallest absolute Gasteiger partial charge is 0.387 e. The molecule has 1 heterocycles. The third-order valence-electron chi connectivity index (χ3n) is 3.35. The van der Waals surface area contributed by atoms with Crippen LogP contribution in [0.4, 0.5) is 13.9 Å². The lowest BCUT2D eigenvalue weighted by Gasteiger charge is -2.11. The van der Waals surface area contributed by atoms with Crippen LogP contribution in [-0.4, -0.2) is 23.1 Å². The summed E-state index contributed by atoms with van der Waals surface area (Å²) in [6.07, 6.45) is 0. The molecule has 130 valence electrons. The van der Waals surface area contributed by atoms with Gasteiger partial charge in [0.05, 0.1) is 7.11 Å². The maximum atomic E-state index is 12.5. The molecule has 0 saturated heterocycles. The second-order valence-corrected chi connectivity index (χ2v) is 5.76. The maximum Gasteiger partial charge on any atom is 0.387 e. The van der Waals surface area contributed by atoms with E-state index in [9.17, 15) is 8.78 Å². The van der Waals surface area contributed by atoms with Gasteiger partial charge in [-0.25, -0.2) is 0 Å². The van der Waals surface area contributed by atoms with Crippen molar-refractivity contribution in [3.8, 4) is 22.9 Å². The molecule has 3 aromatic rings. The SMILES string of the molecule is COc1ccc(CNc2nc(-c3ccccc3)ns2)cc1OC(F)F. The molecule has 0 aliphatic heterocycles. The lowest BCUT2D eigenvalue weighted by atomic mass is 10.2. The Morgan fingerprint density at radius 3 is 2.64 bits per heavy atom. The van der Waals surface area contributed by atoms with Crippen LogP contribution in [0.3, 0.4) is 0 Å². The zero-order valence-electron chi connectivity index (χ0n) is 13.3. The zero-order valence-corrected chi connectivity index (χ0v) is 14.1. The number of nitrogens with zero attached hydrogens (tertiary/aromatic N) is 2. The van der Waals surface area contributed by atoms with E-state index in [0.29, 0.717) is 17.5 Å². The molecule has 1 aromatic heterocycles. The number of alkyl halides is 2. The van der Waals surface area contributed by atoms with Crippen LogP contribution in [0, 0.1) is 0 Å². The molecule has 0 amide bonds. The van der Waals surface area contributed by atoms with E-state index in [2.05, 4.69) is 19.4 Å². The molecule has 0 radical (unpaired) electrons. The molecule has 0 saturated carbocycles. The van der Waals surface area contributed by atoms with Crippen molar-refractivity contribution in [2.75, 3.05) is 12.4 Å². The second kappa shape index (κ2) is 7.89. The fourth-order valence-corrected chi connectivity index (χ4v) is 2.78. The van der Waals surface area contributed by atoms with Gasteiger partial charge in [-0.3, -0.25) is 0 Å². The minimum atomic E-state index is -2.91. The Kier molecular flexibility index (Phi) is 5.39. The van der Waals surface area contributed by atoms with E-state index in [1.807, 2.05) is 30.3 Å². The first-order chi connectivity index (χ1) is 12.2. The van der Waals surface area contributed by atoms with Gasteiger partial charge in [0.1, 0.15) is 0 Å². The fourth-order valence-electron chi connectivity index (χ4n) is 2.20. The number of nitrogens with one attached hydrogen (secondary N) is 1. The summed E-state index contributed by atoms with van der Waals surface area (Å²) in [7, 11) is 1.40. The summed E-state index contributed by atoms with van der Waals surface area (Å²) in [5.41, 5.74) is 1.69. The predicted molar refractivity (Wildman–Crippen MR) is 92.3 cm³/mol. The van der Waals surface area contributed by atoms with Crippen LogP contribution in [0.15, 0.2) is 48.5 Å². The number of hydrogen-bond donors (Lipinski definition) is 1. The van der Waals surface area contributed by atoms with Crippen molar-refractivity contribution in [1.82, 2.24) is 9.36 Å². The topological polar surface area (TPSA) is 56.3 Å². The van der Waals surface area contributed by atoms with E-state index in [0.717, 1.165) is 11.1 Å². The highest BCUT2D eigenvalue weighted by atomic mass is 32.1. The highest BCUT2D eigenvalue weighted by Gasteiger charge is 2.12. The second-order valence-electron chi connectivity index (χ2n) is 5.01. The molecular formula is C17H15F2N3O2S. The van der Waals surface area contributed by atoms with E-state index in [4.69, 9.17) is 4.74 Å². The van der Waals surface area contributed by atoms with E-state index in [1.54, 1.807) is 12.1 Å². The number of aromatic nitrogens is 2. The molecule has 25 heavy (non-hydrogen) atoms. The van der Waals surface area contributed by atoms with Crippen molar-refractivity contribution in [3.05, 3.63) is 54.1 Å². The first-order valence-electron chi connectivity index (χ1n) is 7.40. The first kappa shape index (κ1) is 17.1. The number of benzene rings is 2. The van der Waals surface area contributed by atoms with Crippen molar-refractivity contribution < 1.29 is 18.3 Å². The molecule has 0 fully saturated rings. The van der Waals surface area contributed by atoms with Gasteiger partial charge in [-0.15, -0.1) is 0 Å². The average Bonchev–Trinajstić information content (AvgIpc) is 3.09. The zero-order chi connectivity index (χ0) is 17.6. The van der Waals surface area contributed by atoms with Gasteiger partial charge in [-0.2, -0.15) is 18.1 Å². The molecule has 1 N–H and O–H groups in total. The molecule has 0 spiro atoms. The Bertz CT molecular complexity index is 828. The molecule has 0 aliphatic rings. The first-order valence-corrected chi connectivity index (χ1v) is 8.18. The van der Waals surface area contributed by atoms with Crippen molar-refractivity contribution in [3.63, 3.8) is 0 Å². The van der Waals surface area contributed by atoms with Gasteiger partial charge in [0.25, 0.3) is 0 Å². The maximum absolute atomic E-state index is 12.5. The van der Waals surface area contributed by atoms with Crippen LogP contribution in [0.1, 0.15) is 5.56 Å². The number of ether oxygens (including phenoxy) is 2. The minimum Gasteiger partial charge on any atom is -0.493 e. The molecule has 0 unspecified atom stereocenters. The molecular weight excluding hydrogens is 348 g/mol. The largest absolute Gasteiger partial charge is 0.493 e. The molecule has 3 rings (SSSR count). The highest BCUT2D eigenvalue weighted by molar-refractivity contribution is 7.09. The Hall–Kier alpha value is -2.74. The van der Waals surface area contributed by atoms with Crippen LogP contribution in [0.2, 0.25) is 0 Å². The van der Waals surface area contributed by atoms with Gasteiger partial charge < -0.3 is 14.8 Å². The normalized spacial score (nSPS) is 10.7. The van der Waals surface area contributed by atoms with Crippen molar-refractivity contribution in [2.24, 2.45) is 0 Å². The summed E-state index contributed by atoms with van der Waals surface area (Å²) in [6, 6.07) is 14.5. The van der Waals surface area contributed by atoms with Crippen LogP contribution in [0.5, 0.6) is 11.5 Å². The van der Waals surface area contributed by atoms with E-state index < -0.39 is 6.61 Å². The van der Waals surface area contributed by atoms with Crippen LogP contribution < -0.4 is 14.8 Å². The lowest BCUT2D eigenvalue weighted by molar-refractivity contribution is -0.0512. The van der Waals surface area contributed by atoms with E-state index >= 15 is 0 Å². The summed E-state index contributed by atoms with van der Waals surface area (Å²) in [5, 5.41) is 3.77. The van der Waals surface area contributed by atoms with Crippen LogP contribution >= 0.6 is 11.5 Å². The summed E-state index contributed by atoms with van der Waals surface area (Å²) < 4.78 is 38.8. The Morgan fingerprint density at radius 2 is 1.92 bits per heavy atom. The molecule has 5 nitrogen and oxygen atoms in total. The quantitative estimate of drug-likeness (QED) is 0.673. The van der Waals surface area contributed by atoms with Gasteiger partial charge in [0.2, 0.25) is 5.13 Å². The lowest BCUT2D eigenvalue weighted by Crippen LogP contribution is -2.05. The average molecular weight is 363 g/mol. The summed E-state index contributed by atoms with van der Waals surface area (Å²) in [4.78, 5) is 4.42. The Balaban J connectivity index is 1.68. The number of hydrogen-bond acceptors (Lipinski definition) is 6. The van der Waals surface area contributed by atoms with E-state index in [1.165, 1.54) is 24.7 Å². The number of rotatable bonds is 7. The molecule has 0 atom stereocenters. The third-order valence-corrected chi connectivity index (χ3v) is 4.02. The number of halogens is 2. The number of methoxy groups -OCH3 is 1. The van der Waals surface area contributed by atoms with Crippen molar-refractivity contribution >= 4 is 16.7 Å². The highest BCUT2D eigenvalue weighted by Crippen LogP contribution is 2.30. The van der Waals surface area contributed by atoms with Gasteiger partial charge in [0.15, 0.2) is 17.3 Å². The van der Waals surface area contributed by atoms with Gasteiger partial charge in [-0.1, -0.05) is 36.4 Å². The summed E-state index contributed by atoms with van der Waals surface area (Å²) >= 11 is 1.24. The molecule has 0 bridgehead atoms. The number of anilines is 1. The van der Waals surface area contributed by atoms with Gasteiger partial charge in [0, 0.05) is 23.6 Å². The summed E-state index contributed by atoms with van der Waals surface area (Å²) in [6.45, 7) is -2.51. The predicted octanol–water partition coefficient (Wildman–Crippen LogP) is 4.43. The van der Waals surface area contributed by atoms with Crippen molar-refractivity contribution in [2.45, 2.75) is 13.2 Å². The van der Waals surface area contributed by atoms with Gasteiger partial charge in [-0.05, 0) is 17.7 Å². The van der Waals surface area contributed by atoms with Crippen molar-refractivity contribution in [1.29, 1.82) is 0 Å². The van der Waals surface area contributed by atoms with Gasteiger partial charge >= 0.3 is 6.61 Å². The standard InChI is InChI=1S/C17H15F2N3O2S/c1-23-13-8-7-11(9-14(13)24-16(18)19)10-20-17-21-15(22-25-17)12-5-3-2-4-6-12/h2-9,16H,10H2,1H3,(H,20,21,22). The monoisotopic (exact) mass is 363 g/mol. The van der Waals surface area contributed by atoms with Crippen LogP contribution in [0.25, 0.3) is 11.4 Å². The fraction of sp³-hybridized carbons (Fsp3) is 0.176. The Morgan fingerprint density at radius 1 is 1.12 bits per heavy atom. The molecule has 2 aromatic carbocycles. The minimum absolute atomic E-state index is 0.000890. The van der Waals surface area contributed by atoms with Crippen LogP contribution in [-0.2, 0) is 6.54 Å². The van der Waals surface area contributed by atoms with E-state index in [-0.39, 0.29) is 11.5 Å². The molecule has 8 heteroatoms. The third kappa shape index (κ3) is 4.42.